The molecule has 4 amide bonds. The van der Waals surface area contributed by atoms with Gasteiger partial charge in [-0.2, -0.15) is 0 Å². The predicted molar refractivity (Wildman–Crippen MR) is 118 cm³/mol. The van der Waals surface area contributed by atoms with Gasteiger partial charge in [0.05, 0.1) is 20.1 Å². The fraction of sp³-hybridized carbons (Fsp3) is 0.609. The molecule has 2 unspecified atom stereocenters. The SMILES string of the molecule is COc1cccc(CC(=O)N2CCN(CC(=O)NC(=O)NC3CCCCC3C)CC2)c1. The molecule has 3 rings (SSSR count). The minimum atomic E-state index is -0.407. The van der Waals surface area contributed by atoms with Gasteiger partial charge in [0.15, 0.2) is 0 Å². The van der Waals surface area contributed by atoms with Crippen molar-refractivity contribution in [2.75, 3.05) is 39.8 Å². The summed E-state index contributed by atoms with van der Waals surface area (Å²) in [6.45, 7) is 4.66. The minimum absolute atomic E-state index is 0.0679. The largest absolute Gasteiger partial charge is 0.497 e. The van der Waals surface area contributed by atoms with E-state index in [-0.39, 0.29) is 24.4 Å². The molecule has 8 nitrogen and oxygen atoms in total. The monoisotopic (exact) mass is 430 g/mol. The van der Waals surface area contributed by atoms with E-state index in [1.807, 2.05) is 34.1 Å². The van der Waals surface area contributed by atoms with Crippen LogP contribution in [0, 0.1) is 5.92 Å². The molecule has 1 aliphatic carbocycles. The van der Waals surface area contributed by atoms with Crippen molar-refractivity contribution in [3.05, 3.63) is 29.8 Å². The molecule has 1 saturated carbocycles. The van der Waals surface area contributed by atoms with Gasteiger partial charge >= 0.3 is 6.03 Å². The number of benzene rings is 1. The van der Waals surface area contributed by atoms with Gasteiger partial charge in [-0.05, 0) is 36.5 Å². The van der Waals surface area contributed by atoms with Crippen LogP contribution in [-0.4, -0.2) is 73.5 Å². The zero-order valence-corrected chi connectivity index (χ0v) is 18.6. The summed E-state index contributed by atoms with van der Waals surface area (Å²) in [5.74, 6) is 0.941. The Labute approximate surface area is 184 Å². The summed E-state index contributed by atoms with van der Waals surface area (Å²) < 4.78 is 5.21. The highest BCUT2D eigenvalue weighted by Gasteiger charge is 2.25. The number of carbonyl (C=O) groups is 3. The van der Waals surface area contributed by atoms with E-state index in [9.17, 15) is 14.4 Å². The molecule has 0 bridgehead atoms. The van der Waals surface area contributed by atoms with Crippen molar-refractivity contribution in [2.45, 2.75) is 45.1 Å². The molecule has 8 heteroatoms. The maximum absolute atomic E-state index is 12.6. The molecule has 1 saturated heterocycles. The lowest BCUT2D eigenvalue weighted by molar-refractivity contribution is -0.132. The summed E-state index contributed by atoms with van der Waals surface area (Å²) in [6, 6.07) is 7.26. The van der Waals surface area contributed by atoms with Crippen molar-refractivity contribution in [1.29, 1.82) is 0 Å². The Balaban J connectivity index is 1.37. The lowest BCUT2D eigenvalue weighted by Crippen LogP contribution is -2.53. The highest BCUT2D eigenvalue weighted by Crippen LogP contribution is 2.23. The number of piperazine rings is 1. The number of carbonyl (C=O) groups excluding carboxylic acids is 3. The zero-order chi connectivity index (χ0) is 22.2. The first-order chi connectivity index (χ1) is 14.9. The zero-order valence-electron chi connectivity index (χ0n) is 18.6. The molecular formula is C23H34N4O4. The summed E-state index contributed by atoms with van der Waals surface area (Å²) >= 11 is 0. The average molecular weight is 431 g/mol. The Morgan fingerprint density at radius 3 is 2.55 bits per heavy atom. The van der Waals surface area contributed by atoms with Gasteiger partial charge in [-0.3, -0.25) is 19.8 Å². The van der Waals surface area contributed by atoms with Gasteiger partial charge in [0.2, 0.25) is 11.8 Å². The van der Waals surface area contributed by atoms with Crippen molar-refractivity contribution in [2.24, 2.45) is 5.92 Å². The van der Waals surface area contributed by atoms with Crippen LogP contribution in [0.25, 0.3) is 0 Å². The van der Waals surface area contributed by atoms with E-state index in [0.29, 0.717) is 38.5 Å². The van der Waals surface area contributed by atoms with E-state index >= 15 is 0 Å². The first-order valence-corrected chi connectivity index (χ1v) is 11.2. The van der Waals surface area contributed by atoms with Crippen LogP contribution in [0.5, 0.6) is 5.75 Å². The van der Waals surface area contributed by atoms with E-state index in [2.05, 4.69) is 17.6 Å². The van der Waals surface area contributed by atoms with E-state index < -0.39 is 6.03 Å². The highest BCUT2D eigenvalue weighted by atomic mass is 16.5. The third-order valence-corrected chi connectivity index (χ3v) is 6.26. The molecule has 0 spiro atoms. The fourth-order valence-electron chi connectivity index (χ4n) is 4.33. The second kappa shape index (κ2) is 11.1. The molecule has 1 aliphatic heterocycles. The standard InChI is InChI=1S/C23H34N4O4/c1-17-6-3-4-9-20(17)24-23(30)25-21(28)16-26-10-12-27(13-11-26)22(29)15-18-7-5-8-19(14-18)31-2/h5,7-8,14,17,20H,3-4,6,9-13,15-16H2,1-2H3,(H2,24,25,28,30). The second-order valence-electron chi connectivity index (χ2n) is 8.58. The quantitative estimate of drug-likeness (QED) is 0.718. The van der Waals surface area contributed by atoms with E-state index in [0.717, 1.165) is 30.6 Å². The van der Waals surface area contributed by atoms with Gasteiger partial charge in [0, 0.05) is 32.2 Å². The van der Waals surface area contributed by atoms with Crippen molar-refractivity contribution in [1.82, 2.24) is 20.4 Å². The summed E-state index contributed by atoms with van der Waals surface area (Å²) in [7, 11) is 1.61. The number of ether oxygens (including phenoxy) is 1. The van der Waals surface area contributed by atoms with Gasteiger partial charge in [0.25, 0.3) is 0 Å². The number of nitrogens with one attached hydrogen (secondary N) is 2. The van der Waals surface area contributed by atoms with Crippen LogP contribution in [0.4, 0.5) is 4.79 Å². The lowest BCUT2D eigenvalue weighted by Gasteiger charge is -2.34. The summed E-state index contributed by atoms with van der Waals surface area (Å²) in [5, 5.41) is 5.39. The number of methoxy groups -OCH3 is 1. The first kappa shape index (κ1) is 23.1. The van der Waals surface area contributed by atoms with Crippen LogP contribution >= 0.6 is 0 Å². The maximum atomic E-state index is 12.6. The fourth-order valence-corrected chi connectivity index (χ4v) is 4.33. The lowest BCUT2D eigenvalue weighted by atomic mass is 9.86. The molecule has 0 radical (unpaired) electrons. The number of nitrogens with zero attached hydrogens (tertiary/aromatic N) is 2. The Morgan fingerprint density at radius 1 is 1.10 bits per heavy atom. The highest BCUT2D eigenvalue weighted by molar-refractivity contribution is 5.95. The molecule has 2 aliphatic rings. The van der Waals surface area contributed by atoms with Crippen molar-refractivity contribution < 1.29 is 19.1 Å². The molecule has 2 fully saturated rings. The van der Waals surface area contributed by atoms with Gasteiger partial charge in [-0.1, -0.05) is 31.9 Å². The molecule has 170 valence electrons. The number of urea groups is 1. The van der Waals surface area contributed by atoms with Crippen LogP contribution in [0.15, 0.2) is 24.3 Å². The number of hydrogen-bond acceptors (Lipinski definition) is 5. The van der Waals surface area contributed by atoms with Gasteiger partial charge in [-0.15, -0.1) is 0 Å². The predicted octanol–water partition coefficient (Wildman–Crippen LogP) is 1.79. The third-order valence-electron chi connectivity index (χ3n) is 6.26. The smallest absolute Gasteiger partial charge is 0.321 e. The van der Waals surface area contributed by atoms with Crippen LogP contribution in [0.2, 0.25) is 0 Å². The summed E-state index contributed by atoms with van der Waals surface area (Å²) in [4.78, 5) is 40.8. The first-order valence-electron chi connectivity index (χ1n) is 11.2. The van der Waals surface area contributed by atoms with E-state index in [1.165, 1.54) is 6.42 Å². The van der Waals surface area contributed by atoms with Gasteiger partial charge < -0.3 is 15.0 Å². The minimum Gasteiger partial charge on any atom is -0.497 e. The molecule has 1 heterocycles. The summed E-state index contributed by atoms with van der Waals surface area (Å²) in [5.41, 5.74) is 0.921. The molecule has 1 aromatic rings. The van der Waals surface area contributed by atoms with E-state index in [4.69, 9.17) is 4.74 Å². The number of rotatable bonds is 6. The van der Waals surface area contributed by atoms with Crippen molar-refractivity contribution in [3.63, 3.8) is 0 Å². The topological polar surface area (TPSA) is 91.0 Å². The van der Waals surface area contributed by atoms with E-state index in [1.54, 1.807) is 7.11 Å². The van der Waals surface area contributed by atoms with Crippen LogP contribution in [-0.2, 0) is 16.0 Å². The average Bonchev–Trinajstić information content (AvgIpc) is 2.76. The van der Waals surface area contributed by atoms with Crippen molar-refractivity contribution in [3.8, 4) is 5.75 Å². The molecule has 2 N–H and O–H groups in total. The normalized spacial score (nSPS) is 21.9. The Morgan fingerprint density at radius 2 is 1.84 bits per heavy atom. The Hall–Kier alpha value is -2.61. The molecular weight excluding hydrogens is 396 g/mol. The van der Waals surface area contributed by atoms with Crippen LogP contribution in [0.1, 0.15) is 38.2 Å². The number of imide groups is 1. The Kier molecular flexibility index (Phi) is 8.28. The molecule has 2 atom stereocenters. The number of amides is 4. The Bertz CT molecular complexity index is 777. The van der Waals surface area contributed by atoms with Crippen LogP contribution in [0.3, 0.4) is 0 Å². The molecule has 1 aromatic carbocycles. The van der Waals surface area contributed by atoms with Crippen LogP contribution < -0.4 is 15.4 Å². The molecule has 31 heavy (non-hydrogen) atoms. The van der Waals surface area contributed by atoms with Crippen molar-refractivity contribution >= 4 is 17.8 Å². The second-order valence-corrected chi connectivity index (χ2v) is 8.58. The van der Waals surface area contributed by atoms with Gasteiger partial charge in [0.1, 0.15) is 5.75 Å². The third kappa shape index (κ3) is 6.95. The molecule has 0 aromatic heterocycles. The summed E-state index contributed by atoms with van der Waals surface area (Å²) in [6.07, 6.45) is 4.73. The van der Waals surface area contributed by atoms with Gasteiger partial charge in [-0.25, -0.2) is 4.79 Å². The number of hydrogen-bond donors (Lipinski definition) is 2. The maximum Gasteiger partial charge on any atom is 0.321 e.